The van der Waals surface area contributed by atoms with Crippen LogP contribution in [0, 0.1) is 0 Å². The smallest absolute Gasteiger partial charge is 0.250 e. The van der Waals surface area contributed by atoms with Gasteiger partial charge in [0.25, 0.3) is 0 Å². The number of hydrogen-bond donors (Lipinski definition) is 1. The summed E-state index contributed by atoms with van der Waals surface area (Å²) in [4.78, 5) is 15.1. The summed E-state index contributed by atoms with van der Waals surface area (Å²) >= 11 is 11.9. The van der Waals surface area contributed by atoms with Crippen molar-refractivity contribution in [3.05, 3.63) is 29.1 Å². The van der Waals surface area contributed by atoms with Gasteiger partial charge in [0.15, 0.2) is 11.1 Å². The Kier molecular flexibility index (Phi) is 5.14. The van der Waals surface area contributed by atoms with E-state index in [1.165, 1.54) is 26.5 Å². The third-order valence-corrected chi connectivity index (χ3v) is 2.91. The summed E-state index contributed by atoms with van der Waals surface area (Å²) in [5.74, 6) is -0.603. The second kappa shape index (κ2) is 6.16. The molecular weight excluding hydrogens is 267 g/mol. The standard InChI is InChI=1S/C10H12Cl2N2O3/c1-16-8(11)6-3-5(10(13)15)4-14-7(6)9(12)17-2/h3-4,8-9H,1-2H3,(H2,13,15). The Morgan fingerprint density at radius 1 is 1.35 bits per heavy atom. The lowest BCUT2D eigenvalue weighted by Crippen LogP contribution is -2.14. The highest BCUT2D eigenvalue weighted by Crippen LogP contribution is 2.31. The Labute approximate surface area is 109 Å². The van der Waals surface area contributed by atoms with Crippen LogP contribution >= 0.6 is 23.2 Å². The summed E-state index contributed by atoms with van der Waals surface area (Å²) in [7, 11) is 2.86. The number of aromatic nitrogens is 1. The molecule has 0 bridgehead atoms. The Morgan fingerprint density at radius 2 is 1.94 bits per heavy atom. The minimum atomic E-state index is -0.784. The molecule has 1 aromatic rings. The highest BCUT2D eigenvalue weighted by atomic mass is 35.5. The maximum absolute atomic E-state index is 11.0. The van der Waals surface area contributed by atoms with Gasteiger partial charge in [-0.15, -0.1) is 0 Å². The molecule has 0 saturated heterocycles. The molecule has 0 aromatic carbocycles. The summed E-state index contributed by atoms with van der Waals surface area (Å²) in [6.07, 6.45) is 1.31. The van der Waals surface area contributed by atoms with Gasteiger partial charge in [0.2, 0.25) is 5.91 Å². The zero-order valence-corrected chi connectivity index (χ0v) is 10.8. The molecule has 7 heteroatoms. The van der Waals surface area contributed by atoms with E-state index in [-0.39, 0.29) is 5.56 Å². The average molecular weight is 279 g/mol. The van der Waals surface area contributed by atoms with Gasteiger partial charge >= 0.3 is 0 Å². The number of rotatable bonds is 5. The lowest BCUT2D eigenvalue weighted by Gasteiger charge is -2.16. The Balaban J connectivity index is 3.26. The third-order valence-electron chi connectivity index (χ3n) is 2.11. The lowest BCUT2D eigenvalue weighted by molar-refractivity contribution is 0.0999. The molecule has 2 atom stereocenters. The van der Waals surface area contributed by atoms with Crippen LogP contribution in [0.1, 0.15) is 32.7 Å². The minimum absolute atomic E-state index is 0.228. The maximum Gasteiger partial charge on any atom is 0.250 e. The maximum atomic E-state index is 11.0. The van der Waals surface area contributed by atoms with Gasteiger partial charge in [-0.1, -0.05) is 23.2 Å². The molecule has 1 amide bonds. The molecule has 0 spiro atoms. The number of ether oxygens (including phenoxy) is 2. The van der Waals surface area contributed by atoms with Crippen molar-refractivity contribution in [1.82, 2.24) is 4.98 Å². The predicted molar refractivity (Wildman–Crippen MR) is 64.0 cm³/mol. The first-order valence-electron chi connectivity index (χ1n) is 4.64. The van der Waals surface area contributed by atoms with Crippen LogP contribution < -0.4 is 5.73 Å². The van der Waals surface area contributed by atoms with E-state index in [1.54, 1.807) is 0 Å². The van der Waals surface area contributed by atoms with Gasteiger partial charge in [-0.2, -0.15) is 0 Å². The second-order valence-corrected chi connectivity index (χ2v) is 3.96. The van der Waals surface area contributed by atoms with Crippen molar-refractivity contribution in [2.24, 2.45) is 5.73 Å². The van der Waals surface area contributed by atoms with Crippen molar-refractivity contribution in [3.63, 3.8) is 0 Å². The zero-order chi connectivity index (χ0) is 13.0. The van der Waals surface area contributed by atoms with E-state index in [9.17, 15) is 4.79 Å². The van der Waals surface area contributed by atoms with Crippen LogP contribution in [0.3, 0.4) is 0 Å². The normalized spacial score (nSPS) is 14.4. The average Bonchev–Trinajstić information content (AvgIpc) is 2.35. The topological polar surface area (TPSA) is 74.4 Å². The van der Waals surface area contributed by atoms with E-state index in [4.69, 9.17) is 38.4 Å². The Morgan fingerprint density at radius 3 is 2.41 bits per heavy atom. The van der Waals surface area contributed by atoms with Crippen LogP contribution in [-0.4, -0.2) is 25.1 Å². The first kappa shape index (κ1) is 14.2. The minimum Gasteiger partial charge on any atom is -0.366 e. The fraction of sp³-hybridized carbons (Fsp3) is 0.400. The number of methoxy groups -OCH3 is 2. The number of nitrogens with zero attached hydrogens (tertiary/aromatic N) is 1. The molecule has 17 heavy (non-hydrogen) atoms. The Hall–Kier alpha value is -0.880. The van der Waals surface area contributed by atoms with Crippen molar-refractivity contribution in [2.75, 3.05) is 14.2 Å². The van der Waals surface area contributed by atoms with Crippen LogP contribution in [0.5, 0.6) is 0 Å². The number of pyridine rings is 1. The first-order valence-corrected chi connectivity index (χ1v) is 5.52. The Bertz CT molecular complexity index is 415. The van der Waals surface area contributed by atoms with E-state index < -0.39 is 17.0 Å². The van der Waals surface area contributed by atoms with E-state index in [0.29, 0.717) is 11.3 Å². The SMILES string of the molecule is COC(Cl)c1cc(C(N)=O)cnc1C(Cl)OC. The molecule has 94 valence electrons. The predicted octanol–water partition coefficient (Wildman–Crippen LogP) is 1.95. The molecule has 1 aromatic heterocycles. The van der Waals surface area contributed by atoms with Crippen molar-refractivity contribution in [3.8, 4) is 0 Å². The van der Waals surface area contributed by atoms with E-state index in [2.05, 4.69) is 4.98 Å². The van der Waals surface area contributed by atoms with Crippen LogP contribution in [0.15, 0.2) is 12.3 Å². The second-order valence-electron chi connectivity index (χ2n) is 3.17. The molecule has 0 fully saturated rings. The van der Waals surface area contributed by atoms with Gasteiger partial charge in [0, 0.05) is 26.0 Å². The van der Waals surface area contributed by atoms with Crippen LogP contribution in [0.4, 0.5) is 0 Å². The van der Waals surface area contributed by atoms with Crippen LogP contribution in [0.2, 0.25) is 0 Å². The number of halogens is 2. The molecule has 1 rings (SSSR count). The quantitative estimate of drug-likeness (QED) is 0.836. The van der Waals surface area contributed by atoms with Gasteiger partial charge in [-0.25, -0.2) is 0 Å². The summed E-state index contributed by atoms with van der Waals surface area (Å²) < 4.78 is 9.91. The van der Waals surface area contributed by atoms with Crippen molar-refractivity contribution in [1.29, 1.82) is 0 Å². The van der Waals surface area contributed by atoms with Crippen molar-refractivity contribution in [2.45, 2.75) is 11.1 Å². The molecule has 0 saturated carbocycles. The number of carbonyl (C=O) groups excluding carboxylic acids is 1. The molecule has 2 N–H and O–H groups in total. The number of nitrogens with two attached hydrogens (primary N) is 1. The molecule has 2 unspecified atom stereocenters. The highest BCUT2D eigenvalue weighted by Gasteiger charge is 2.20. The van der Waals surface area contributed by atoms with Gasteiger partial charge in [0.1, 0.15) is 0 Å². The van der Waals surface area contributed by atoms with Crippen molar-refractivity contribution >= 4 is 29.1 Å². The molecule has 0 radical (unpaired) electrons. The van der Waals surface area contributed by atoms with Crippen LogP contribution in [0.25, 0.3) is 0 Å². The molecule has 5 nitrogen and oxygen atoms in total. The number of alkyl halides is 2. The number of primary amides is 1. The third kappa shape index (κ3) is 3.29. The fourth-order valence-corrected chi connectivity index (χ4v) is 1.59. The first-order chi connectivity index (χ1) is 8.01. The van der Waals surface area contributed by atoms with Crippen molar-refractivity contribution < 1.29 is 14.3 Å². The molecule has 0 aliphatic carbocycles. The van der Waals surface area contributed by atoms with Gasteiger partial charge in [-0.3, -0.25) is 9.78 Å². The summed E-state index contributed by atoms with van der Waals surface area (Å²) in [6, 6.07) is 1.49. The fourth-order valence-electron chi connectivity index (χ4n) is 1.24. The molecule has 0 aliphatic heterocycles. The van der Waals surface area contributed by atoms with Crippen LogP contribution in [-0.2, 0) is 9.47 Å². The number of hydrogen-bond acceptors (Lipinski definition) is 4. The van der Waals surface area contributed by atoms with E-state index in [1.807, 2.05) is 0 Å². The van der Waals surface area contributed by atoms with Gasteiger partial charge in [0.05, 0.1) is 11.3 Å². The summed E-state index contributed by atoms with van der Waals surface area (Å²) in [5, 5.41) is 0. The summed E-state index contributed by atoms with van der Waals surface area (Å²) in [6.45, 7) is 0. The van der Waals surface area contributed by atoms with E-state index in [0.717, 1.165) is 0 Å². The molecule has 0 aliphatic rings. The largest absolute Gasteiger partial charge is 0.366 e. The number of amides is 1. The summed E-state index contributed by atoms with van der Waals surface area (Å²) in [5.41, 5.74) is 4.67. The number of carbonyl (C=O) groups is 1. The van der Waals surface area contributed by atoms with Gasteiger partial charge in [-0.05, 0) is 6.07 Å². The highest BCUT2D eigenvalue weighted by molar-refractivity contribution is 6.21. The van der Waals surface area contributed by atoms with Gasteiger partial charge < -0.3 is 15.2 Å². The molecular formula is C10H12Cl2N2O3. The molecule has 1 heterocycles. The monoisotopic (exact) mass is 278 g/mol. The zero-order valence-electron chi connectivity index (χ0n) is 9.31. The van der Waals surface area contributed by atoms with E-state index >= 15 is 0 Å². The lowest BCUT2D eigenvalue weighted by atomic mass is 10.1.